The first-order chi connectivity index (χ1) is 19.2. The maximum Gasteiger partial charge on any atom is 4.00 e. The Labute approximate surface area is 297 Å². The van der Waals surface area contributed by atoms with Crippen LogP contribution in [0.15, 0.2) is 89.6 Å². The van der Waals surface area contributed by atoms with Gasteiger partial charge >= 0.3 is 21.7 Å². The molecule has 0 fully saturated rings. The molecule has 0 saturated carbocycles. The number of halogens is 3. The first-order valence-corrected chi connectivity index (χ1v) is 17.8. The maximum atomic E-state index is 3.73. The molecule has 230 valence electrons. The van der Waals surface area contributed by atoms with Crippen molar-refractivity contribution in [3.8, 4) is 0 Å². The fourth-order valence-corrected chi connectivity index (χ4v) is 11.4. The molecule has 43 heavy (non-hydrogen) atoms. The molecular weight excluding hydrogens is 639 g/mol. The van der Waals surface area contributed by atoms with E-state index in [1.807, 2.05) is 0 Å². The van der Waals surface area contributed by atoms with E-state index in [2.05, 4.69) is 113 Å². The summed E-state index contributed by atoms with van der Waals surface area (Å²) in [5.74, 6) is 0. The number of hydrogen-bond acceptors (Lipinski definition) is 0. The Morgan fingerprint density at radius 2 is 0.860 bits per heavy atom. The number of benzene rings is 3. The monoisotopic (exact) mass is 686 g/mol. The molecule has 0 aromatic heterocycles. The van der Waals surface area contributed by atoms with Gasteiger partial charge in [0.1, 0.15) is 0 Å². The quantitative estimate of drug-likeness (QED) is 0.116. The first-order valence-electron chi connectivity index (χ1n) is 15.8. The number of allylic oxidation sites excluding steroid dienone is 4. The Hall–Kier alpha value is -1.06. The third kappa shape index (κ3) is 10.2. The average molecular weight is 688 g/mol. The Morgan fingerprint density at radius 3 is 1.16 bits per heavy atom. The van der Waals surface area contributed by atoms with Gasteiger partial charge in [0.15, 0.2) is 0 Å². The zero-order chi connectivity index (χ0) is 27.5. The summed E-state index contributed by atoms with van der Waals surface area (Å²) >= 11 is 0. The van der Waals surface area contributed by atoms with Crippen LogP contribution in [0.4, 0.5) is 0 Å². The van der Waals surface area contributed by atoms with Gasteiger partial charge in [-0.2, -0.15) is 6.08 Å². The van der Waals surface area contributed by atoms with Gasteiger partial charge in [-0.15, -0.1) is 0 Å². The van der Waals surface area contributed by atoms with Crippen molar-refractivity contribution in [3.63, 3.8) is 0 Å². The number of unbranched alkanes of at least 4 members (excludes halogenated alkanes) is 3. The molecule has 0 atom stereocenters. The zero-order valence-corrected chi connectivity index (χ0v) is 31.5. The molecule has 0 saturated heterocycles. The van der Waals surface area contributed by atoms with Crippen LogP contribution < -0.4 is 52.8 Å². The van der Waals surface area contributed by atoms with E-state index in [-0.39, 0.29) is 58.9 Å². The van der Waals surface area contributed by atoms with Gasteiger partial charge in [-0.1, -0.05) is 155 Å². The third-order valence-corrected chi connectivity index (χ3v) is 13.5. The Balaban J connectivity index is 0.00000441. The fourth-order valence-electron chi connectivity index (χ4n) is 6.27. The van der Waals surface area contributed by atoms with Crippen LogP contribution in [0.2, 0.25) is 0 Å². The number of aryl methyl sites for hydroxylation is 3. The smallest absolute Gasteiger partial charge is 1.00 e. The molecule has 0 nitrogen and oxygen atoms in total. The molecule has 0 bridgehead atoms. The van der Waals surface area contributed by atoms with Gasteiger partial charge < -0.3 is 37.2 Å². The Bertz CT molecular complexity index is 1110. The summed E-state index contributed by atoms with van der Waals surface area (Å²) < 4.78 is 0. The molecule has 0 spiro atoms. The normalized spacial score (nSPS) is 12.2. The van der Waals surface area contributed by atoms with Crippen molar-refractivity contribution < 1.29 is 58.9 Å². The number of rotatable bonds is 15. The van der Waals surface area contributed by atoms with Crippen molar-refractivity contribution in [2.75, 3.05) is 0 Å². The molecule has 1 aliphatic carbocycles. The predicted molar refractivity (Wildman–Crippen MR) is 174 cm³/mol. The van der Waals surface area contributed by atoms with Crippen LogP contribution in [-0.2, 0) is 41.0 Å². The van der Waals surface area contributed by atoms with E-state index in [4.69, 9.17) is 0 Å². The summed E-state index contributed by atoms with van der Waals surface area (Å²) in [6.45, 7) is 9.16. The molecule has 4 rings (SSSR count). The van der Waals surface area contributed by atoms with Crippen LogP contribution in [0.5, 0.6) is 0 Å². The predicted octanol–water partition coefficient (Wildman–Crippen LogP) is -0.407. The van der Waals surface area contributed by atoms with Crippen LogP contribution in [0, 0.1) is 6.08 Å². The van der Waals surface area contributed by atoms with Crippen LogP contribution in [0.3, 0.4) is 0 Å². The van der Waals surface area contributed by atoms with Gasteiger partial charge in [-0.3, -0.25) is 6.08 Å². The third-order valence-electron chi connectivity index (χ3n) is 8.52. The van der Waals surface area contributed by atoms with Gasteiger partial charge in [-0.05, 0) is 55.2 Å². The molecule has 3 aromatic rings. The van der Waals surface area contributed by atoms with Crippen LogP contribution >= 0.6 is 0 Å². The zero-order valence-electron chi connectivity index (χ0n) is 26.6. The van der Waals surface area contributed by atoms with E-state index in [9.17, 15) is 0 Å². The fraction of sp³-hybridized carbons (Fsp3) is 0.421. The molecule has 0 N–H and O–H groups in total. The van der Waals surface area contributed by atoms with Gasteiger partial charge in [0.05, 0.1) is 8.07 Å². The SMILES string of the molecule is CCCCc1ccc([Si](C2=C(CCC)[C-]=CC2)(c2ccc(CCCC)cc2)c2ccc(CCCC)cc2)cc1.[Cl-].[Cl-].[Cl-].[Ti+4]. The van der Waals surface area contributed by atoms with Gasteiger partial charge in [0, 0.05) is 0 Å². The summed E-state index contributed by atoms with van der Waals surface area (Å²) in [5, 5.41) is 6.21. The molecule has 0 radical (unpaired) electrons. The van der Waals surface area contributed by atoms with Gasteiger partial charge in [0.2, 0.25) is 0 Å². The van der Waals surface area contributed by atoms with Crippen molar-refractivity contribution in [3.05, 3.63) is 112 Å². The van der Waals surface area contributed by atoms with E-state index in [0.29, 0.717) is 0 Å². The van der Waals surface area contributed by atoms with Crippen molar-refractivity contribution in [1.29, 1.82) is 0 Å². The van der Waals surface area contributed by atoms with E-state index < -0.39 is 8.07 Å². The first kappa shape index (κ1) is 41.9. The summed E-state index contributed by atoms with van der Waals surface area (Å²) in [4.78, 5) is 0. The second-order valence-electron chi connectivity index (χ2n) is 11.4. The standard InChI is InChI=1S/C38H49Si.3ClH.Ti/c1-5-9-14-31-19-25-35(26-20-31)39(38-18-12-17-34(38)13-8-4,36-27-21-32(22-28-36)15-10-6-2)37-29-23-33(24-30-37)16-11-7-3;;;;/h12,19-30H,5-11,13-16,18H2,1-4H3;3*1H;/q-1;;;;+4/p-3. The second kappa shape index (κ2) is 21.6. The minimum Gasteiger partial charge on any atom is -1.00 e. The van der Waals surface area contributed by atoms with Crippen LogP contribution in [-0.4, -0.2) is 8.07 Å². The maximum absolute atomic E-state index is 3.73. The van der Waals surface area contributed by atoms with E-state index in [1.54, 1.807) is 5.20 Å². The van der Waals surface area contributed by atoms with Crippen molar-refractivity contribution in [1.82, 2.24) is 0 Å². The molecule has 0 aliphatic heterocycles. The van der Waals surface area contributed by atoms with E-state index >= 15 is 0 Å². The minimum atomic E-state index is -2.47. The van der Waals surface area contributed by atoms with Crippen molar-refractivity contribution >= 4 is 23.6 Å². The topological polar surface area (TPSA) is 0 Å². The Kier molecular flexibility index (Phi) is 21.1. The summed E-state index contributed by atoms with van der Waals surface area (Å²) in [5.41, 5.74) is 5.86. The molecule has 0 unspecified atom stereocenters. The minimum absolute atomic E-state index is 0. The largest absolute Gasteiger partial charge is 4.00 e. The van der Waals surface area contributed by atoms with Crippen molar-refractivity contribution in [2.45, 2.75) is 105 Å². The molecule has 0 heterocycles. The van der Waals surface area contributed by atoms with Gasteiger partial charge in [0.25, 0.3) is 0 Å². The van der Waals surface area contributed by atoms with E-state index in [1.165, 1.54) is 95.6 Å². The van der Waals surface area contributed by atoms with Crippen molar-refractivity contribution in [2.24, 2.45) is 0 Å². The molecule has 3 aromatic carbocycles. The summed E-state index contributed by atoms with van der Waals surface area (Å²) in [6.07, 6.45) is 20.3. The van der Waals surface area contributed by atoms with Crippen LogP contribution in [0.1, 0.15) is 102 Å². The average Bonchev–Trinajstić information content (AvgIpc) is 3.44. The Morgan fingerprint density at radius 1 is 0.512 bits per heavy atom. The summed E-state index contributed by atoms with van der Waals surface area (Å²) in [7, 11) is -2.47. The number of hydrogen-bond donors (Lipinski definition) is 0. The summed E-state index contributed by atoms with van der Waals surface area (Å²) in [6, 6.07) is 29.5. The second-order valence-corrected chi connectivity index (χ2v) is 15.2. The van der Waals surface area contributed by atoms with Crippen LogP contribution in [0.25, 0.3) is 0 Å². The molecule has 5 heteroatoms. The van der Waals surface area contributed by atoms with E-state index in [0.717, 1.165) is 19.3 Å². The van der Waals surface area contributed by atoms with Gasteiger partial charge in [-0.25, -0.2) is 10.8 Å². The molecule has 1 aliphatic rings. The molecular formula is C38H49Cl3SiTi. The molecule has 0 amide bonds.